The Morgan fingerprint density at radius 3 is 2.44 bits per heavy atom. The summed E-state index contributed by atoms with van der Waals surface area (Å²) < 4.78 is 0. The van der Waals surface area contributed by atoms with E-state index in [0.29, 0.717) is 5.56 Å². The largest absolute Gasteiger partial charge is 0.508 e. The summed E-state index contributed by atoms with van der Waals surface area (Å²) in [6, 6.07) is 1.74. The molecule has 100 valence electrons. The number of phenols is 1. The maximum Gasteiger partial charge on any atom is 0.337 e. The van der Waals surface area contributed by atoms with Gasteiger partial charge in [-0.2, -0.15) is 0 Å². The fourth-order valence-corrected chi connectivity index (χ4v) is 1.58. The summed E-state index contributed by atoms with van der Waals surface area (Å²) in [5, 5.41) is 27.9. The van der Waals surface area contributed by atoms with Crippen LogP contribution in [0.5, 0.6) is 5.75 Å². The van der Waals surface area contributed by atoms with E-state index in [1.165, 1.54) is 6.07 Å². The zero-order valence-electron chi connectivity index (χ0n) is 10.3. The van der Waals surface area contributed by atoms with Gasteiger partial charge in [0.05, 0.1) is 5.56 Å². The van der Waals surface area contributed by atoms with Crippen molar-refractivity contribution < 1.29 is 20.1 Å². The summed E-state index contributed by atoms with van der Waals surface area (Å²) in [5.41, 5.74) is 11.1. The van der Waals surface area contributed by atoms with Crippen LogP contribution in [0, 0.1) is 5.41 Å². The summed E-state index contributed by atoms with van der Waals surface area (Å²) in [6.07, 6.45) is 0. The lowest BCUT2D eigenvalue weighted by Crippen LogP contribution is -2.32. The number of aliphatic hydroxyl groups is 1. The van der Waals surface area contributed by atoms with E-state index in [0.717, 1.165) is 6.07 Å². The number of nitrogen functional groups attached to an aromatic ring is 1. The van der Waals surface area contributed by atoms with Crippen molar-refractivity contribution >= 4 is 11.7 Å². The van der Waals surface area contributed by atoms with Gasteiger partial charge >= 0.3 is 5.97 Å². The molecule has 1 rings (SSSR count). The van der Waals surface area contributed by atoms with Gasteiger partial charge in [-0.15, -0.1) is 0 Å². The highest BCUT2D eigenvalue weighted by atomic mass is 16.4. The van der Waals surface area contributed by atoms with Crippen LogP contribution in [-0.2, 0) is 0 Å². The molecule has 0 bridgehead atoms. The normalized spacial score (nSPS) is 13.3. The van der Waals surface area contributed by atoms with E-state index in [1.54, 1.807) is 13.8 Å². The first-order valence-electron chi connectivity index (χ1n) is 5.43. The number of hydrogen-bond acceptors (Lipinski definition) is 5. The Bertz CT molecular complexity index is 471. The molecule has 0 saturated heterocycles. The van der Waals surface area contributed by atoms with Crippen molar-refractivity contribution in [1.29, 1.82) is 0 Å². The van der Waals surface area contributed by atoms with Crippen LogP contribution in [0.25, 0.3) is 0 Å². The van der Waals surface area contributed by atoms with Gasteiger partial charge in [0.25, 0.3) is 0 Å². The number of anilines is 1. The maximum absolute atomic E-state index is 10.8. The molecule has 0 aliphatic carbocycles. The summed E-state index contributed by atoms with van der Waals surface area (Å²) in [7, 11) is 0. The van der Waals surface area contributed by atoms with Crippen molar-refractivity contribution in [3.05, 3.63) is 23.3 Å². The summed E-state index contributed by atoms with van der Waals surface area (Å²) in [6.45, 7) is 3.30. The Morgan fingerprint density at radius 1 is 1.44 bits per heavy atom. The highest BCUT2D eigenvalue weighted by Crippen LogP contribution is 2.37. The van der Waals surface area contributed by atoms with Crippen molar-refractivity contribution in [1.82, 2.24) is 0 Å². The Balaban J connectivity index is 3.28. The molecular weight excluding hydrogens is 236 g/mol. The topological polar surface area (TPSA) is 130 Å². The number of carbonyl (C=O) groups is 1. The third kappa shape index (κ3) is 2.55. The molecule has 0 aliphatic heterocycles. The molecule has 1 unspecified atom stereocenters. The van der Waals surface area contributed by atoms with Crippen LogP contribution in [0.4, 0.5) is 5.69 Å². The molecule has 0 aromatic heterocycles. The van der Waals surface area contributed by atoms with E-state index >= 15 is 0 Å². The number of carboxylic acids is 1. The Hall–Kier alpha value is -1.79. The van der Waals surface area contributed by atoms with Crippen LogP contribution in [0.3, 0.4) is 0 Å². The van der Waals surface area contributed by atoms with Crippen molar-refractivity contribution in [2.24, 2.45) is 11.1 Å². The fraction of sp³-hybridized carbons (Fsp3) is 0.417. The number of nitrogens with two attached hydrogens (primary N) is 2. The third-order valence-corrected chi connectivity index (χ3v) is 3.01. The lowest BCUT2D eigenvalue weighted by Gasteiger charge is -2.30. The molecule has 6 heteroatoms. The highest BCUT2D eigenvalue weighted by molar-refractivity contribution is 5.94. The smallest absolute Gasteiger partial charge is 0.337 e. The van der Waals surface area contributed by atoms with Gasteiger partial charge in [0.2, 0.25) is 0 Å². The second kappa shape index (κ2) is 4.83. The number of rotatable bonds is 4. The Labute approximate surface area is 105 Å². The molecular formula is C12H18N2O4. The van der Waals surface area contributed by atoms with Gasteiger partial charge < -0.3 is 26.8 Å². The predicted molar refractivity (Wildman–Crippen MR) is 67.3 cm³/mol. The van der Waals surface area contributed by atoms with Crippen molar-refractivity contribution in [3.8, 4) is 5.75 Å². The first kappa shape index (κ1) is 14.3. The first-order valence-corrected chi connectivity index (χ1v) is 5.43. The Morgan fingerprint density at radius 2 is 2.00 bits per heavy atom. The number of hydrogen-bond donors (Lipinski definition) is 5. The van der Waals surface area contributed by atoms with Crippen LogP contribution in [-0.4, -0.2) is 27.9 Å². The van der Waals surface area contributed by atoms with E-state index in [2.05, 4.69) is 0 Å². The quantitative estimate of drug-likeness (QED) is 0.397. The van der Waals surface area contributed by atoms with Gasteiger partial charge in [0.15, 0.2) is 0 Å². The van der Waals surface area contributed by atoms with Gasteiger partial charge in [0, 0.05) is 29.3 Å². The number of aromatic hydroxyl groups is 1. The molecule has 0 amide bonds. The first-order chi connectivity index (χ1) is 8.20. The predicted octanol–water partition coefficient (Wildman–Crippen LogP) is 0.691. The second-order valence-corrected chi connectivity index (χ2v) is 4.93. The number of benzene rings is 1. The van der Waals surface area contributed by atoms with Crippen molar-refractivity contribution in [3.63, 3.8) is 0 Å². The van der Waals surface area contributed by atoms with E-state index < -0.39 is 17.4 Å². The van der Waals surface area contributed by atoms with Crippen LogP contribution in [0.15, 0.2) is 12.1 Å². The molecule has 6 nitrogen and oxygen atoms in total. The van der Waals surface area contributed by atoms with Gasteiger partial charge in [-0.3, -0.25) is 0 Å². The van der Waals surface area contributed by atoms with Crippen LogP contribution < -0.4 is 11.5 Å². The molecule has 1 atom stereocenters. The molecule has 0 fully saturated rings. The fourth-order valence-electron chi connectivity index (χ4n) is 1.58. The summed E-state index contributed by atoms with van der Waals surface area (Å²) >= 11 is 0. The monoisotopic (exact) mass is 254 g/mol. The minimum absolute atomic E-state index is 0.0273. The highest BCUT2D eigenvalue weighted by Gasteiger charge is 2.29. The van der Waals surface area contributed by atoms with Crippen LogP contribution >= 0.6 is 0 Å². The third-order valence-electron chi connectivity index (χ3n) is 3.01. The molecule has 0 radical (unpaired) electrons. The standard InChI is InChI=1S/C12H18N2O4/c1-12(2,5-15)10(14)7-3-8(13)6(11(17)18)4-9(7)16/h3-4,10,15-16H,5,13-14H2,1-2H3,(H,17,18). The number of carboxylic acid groups (broad SMARTS) is 1. The van der Waals surface area contributed by atoms with Gasteiger partial charge in [-0.1, -0.05) is 13.8 Å². The van der Waals surface area contributed by atoms with Crippen LogP contribution in [0.1, 0.15) is 35.8 Å². The van der Waals surface area contributed by atoms with Gasteiger partial charge in [0.1, 0.15) is 5.75 Å². The SMILES string of the molecule is CC(C)(CO)C(N)c1cc(N)c(C(=O)O)cc1O. The van der Waals surface area contributed by atoms with Gasteiger partial charge in [-0.25, -0.2) is 4.79 Å². The average Bonchev–Trinajstić information content (AvgIpc) is 2.30. The summed E-state index contributed by atoms with van der Waals surface area (Å²) in [5.74, 6) is -1.46. The van der Waals surface area contributed by atoms with E-state index in [1.807, 2.05) is 0 Å². The van der Waals surface area contributed by atoms with Crippen LogP contribution in [0.2, 0.25) is 0 Å². The molecule has 18 heavy (non-hydrogen) atoms. The molecule has 0 saturated carbocycles. The molecule has 0 spiro atoms. The zero-order chi connectivity index (χ0) is 14.1. The molecule has 7 N–H and O–H groups in total. The van der Waals surface area contributed by atoms with Crippen molar-refractivity contribution in [2.75, 3.05) is 12.3 Å². The molecule has 0 heterocycles. The number of phenolic OH excluding ortho intramolecular Hbond substituents is 1. The molecule has 1 aromatic carbocycles. The molecule has 1 aromatic rings. The maximum atomic E-state index is 10.8. The lowest BCUT2D eigenvalue weighted by atomic mass is 9.81. The van der Waals surface area contributed by atoms with E-state index in [9.17, 15) is 15.0 Å². The zero-order valence-corrected chi connectivity index (χ0v) is 10.3. The number of aromatic carboxylic acids is 1. The Kier molecular flexibility index (Phi) is 3.83. The van der Waals surface area contributed by atoms with E-state index in [-0.39, 0.29) is 23.6 Å². The average molecular weight is 254 g/mol. The lowest BCUT2D eigenvalue weighted by molar-refractivity contribution is 0.0697. The minimum atomic E-state index is -1.22. The van der Waals surface area contributed by atoms with Crippen molar-refractivity contribution in [2.45, 2.75) is 19.9 Å². The molecule has 0 aliphatic rings. The van der Waals surface area contributed by atoms with Gasteiger partial charge in [-0.05, 0) is 12.1 Å². The number of aliphatic hydroxyl groups excluding tert-OH is 1. The van der Waals surface area contributed by atoms with E-state index in [4.69, 9.17) is 16.6 Å². The summed E-state index contributed by atoms with van der Waals surface area (Å²) in [4.78, 5) is 10.8. The minimum Gasteiger partial charge on any atom is -0.508 e. The second-order valence-electron chi connectivity index (χ2n) is 4.93.